The highest BCUT2D eigenvalue weighted by atomic mass is 32.2. The Hall–Kier alpha value is -2.23. The van der Waals surface area contributed by atoms with Crippen molar-refractivity contribution in [3.8, 4) is 0 Å². The fourth-order valence-electron chi connectivity index (χ4n) is 4.43. The van der Waals surface area contributed by atoms with E-state index >= 15 is 0 Å². The molecule has 1 atom stereocenters. The average molecular weight is 433 g/mol. The Morgan fingerprint density at radius 2 is 1.63 bits per heavy atom. The van der Waals surface area contributed by atoms with Crippen LogP contribution in [0, 0.1) is 13.8 Å². The van der Waals surface area contributed by atoms with E-state index < -0.39 is 10.0 Å². The van der Waals surface area contributed by atoms with Crippen LogP contribution in [0.5, 0.6) is 0 Å². The van der Waals surface area contributed by atoms with E-state index in [2.05, 4.69) is 10.1 Å². The van der Waals surface area contributed by atoms with Crippen LogP contribution in [-0.2, 0) is 14.8 Å². The molecular weight excluding hydrogens is 404 g/mol. The summed E-state index contributed by atoms with van der Waals surface area (Å²) in [5.74, 6) is 0.419. The monoisotopic (exact) mass is 432 g/mol. The molecule has 8 nitrogen and oxygen atoms in total. The summed E-state index contributed by atoms with van der Waals surface area (Å²) >= 11 is 0. The smallest absolute Gasteiger partial charge is 0.248 e. The highest BCUT2D eigenvalue weighted by Crippen LogP contribution is 2.29. The van der Waals surface area contributed by atoms with Gasteiger partial charge in [0.1, 0.15) is 16.6 Å². The van der Waals surface area contributed by atoms with Crippen molar-refractivity contribution in [1.82, 2.24) is 19.3 Å². The molecule has 162 valence electrons. The predicted octanol–water partition coefficient (Wildman–Crippen LogP) is 1.96. The first-order valence-electron chi connectivity index (χ1n) is 10.4. The van der Waals surface area contributed by atoms with Crippen molar-refractivity contribution >= 4 is 15.9 Å². The Morgan fingerprint density at radius 3 is 2.20 bits per heavy atom. The fraction of sp³-hybridized carbons (Fsp3) is 0.524. The van der Waals surface area contributed by atoms with Crippen molar-refractivity contribution in [3.05, 3.63) is 47.3 Å². The second kappa shape index (κ2) is 8.49. The molecule has 0 radical (unpaired) electrons. The number of hydrogen-bond donors (Lipinski definition) is 0. The van der Waals surface area contributed by atoms with Gasteiger partial charge in [-0.1, -0.05) is 35.5 Å². The number of amides is 1. The third-order valence-corrected chi connectivity index (χ3v) is 8.11. The molecule has 1 amide bonds. The Balaban J connectivity index is 1.54. The van der Waals surface area contributed by atoms with Crippen LogP contribution in [0.2, 0.25) is 0 Å². The summed E-state index contributed by atoms with van der Waals surface area (Å²) in [6.45, 7) is 6.46. The molecule has 2 aliphatic rings. The summed E-state index contributed by atoms with van der Waals surface area (Å²) in [6.07, 6.45) is 2.08. The minimum absolute atomic E-state index is 0.112. The third-order valence-electron chi connectivity index (χ3n) is 5.97. The van der Waals surface area contributed by atoms with Gasteiger partial charge >= 0.3 is 0 Å². The summed E-state index contributed by atoms with van der Waals surface area (Å²) < 4.78 is 32.8. The van der Waals surface area contributed by atoms with Gasteiger partial charge in [0.25, 0.3) is 0 Å². The van der Waals surface area contributed by atoms with E-state index in [1.54, 1.807) is 13.8 Å². The summed E-state index contributed by atoms with van der Waals surface area (Å²) in [6, 6.07) is 9.40. The largest absolute Gasteiger partial charge is 0.360 e. The molecular formula is C21H28N4O4S. The van der Waals surface area contributed by atoms with Gasteiger partial charge in [-0.15, -0.1) is 0 Å². The van der Waals surface area contributed by atoms with Crippen molar-refractivity contribution in [2.24, 2.45) is 0 Å². The van der Waals surface area contributed by atoms with Gasteiger partial charge in [0.05, 0.1) is 0 Å². The molecule has 4 rings (SSSR count). The first-order chi connectivity index (χ1) is 14.4. The van der Waals surface area contributed by atoms with Crippen LogP contribution in [-0.4, -0.2) is 72.9 Å². The normalized spacial score (nSPS) is 19.9. The van der Waals surface area contributed by atoms with Gasteiger partial charge in [-0.3, -0.25) is 9.69 Å². The number of rotatable bonds is 5. The van der Waals surface area contributed by atoms with Gasteiger partial charge in [-0.2, -0.15) is 4.31 Å². The molecule has 1 aromatic carbocycles. The van der Waals surface area contributed by atoms with Crippen LogP contribution in [0.3, 0.4) is 0 Å². The van der Waals surface area contributed by atoms with Crippen LogP contribution in [0.4, 0.5) is 0 Å². The van der Waals surface area contributed by atoms with E-state index in [-0.39, 0.29) is 16.8 Å². The number of likely N-dealkylation sites (tertiary alicyclic amines) is 1. The van der Waals surface area contributed by atoms with E-state index in [0.29, 0.717) is 37.6 Å². The molecule has 0 N–H and O–H groups in total. The predicted molar refractivity (Wildman–Crippen MR) is 111 cm³/mol. The summed E-state index contributed by atoms with van der Waals surface area (Å²) in [4.78, 5) is 17.5. The Morgan fingerprint density at radius 1 is 1.00 bits per heavy atom. The minimum Gasteiger partial charge on any atom is -0.360 e. The number of carbonyl (C=O) groups is 1. The van der Waals surface area contributed by atoms with Crippen LogP contribution in [0.1, 0.15) is 35.9 Å². The molecule has 2 fully saturated rings. The summed E-state index contributed by atoms with van der Waals surface area (Å²) in [5.41, 5.74) is 1.33. The first kappa shape index (κ1) is 21.0. The third kappa shape index (κ3) is 3.89. The van der Waals surface area contributed by atoms with E-state index in [0.717, 1.165) is 31.5 Å². The second-order valence-electron chi connectivity index (χ2n) is 7.94. The minimum atomic E-state index is -3.67. The van der Waals surface area contributed by atoms with Gasteiger partial charge in [0, 0.05) is 39.3 Å². The number of aryl methyl sites for hydroxylation is 2. The van der Waals surface area contributed by atoms with Gasteiger partial charge in [0.2, 0.25) is 15.9 Å². The molecule has 1 aromatic heterocycles. The standard InChI is InChI=1S/C21H28N4O4S/c1-16-20(17(2)29-22-16)30(27,28)25-14-12-23(13-15-25)19(18-8-4-3-5-9-18)21(26)24-10-6-7-11-24/h3-5,8-9,19H,6-7,10-15H2,1-2H3/t19-/m1/s1. The second-order valence-corrected chi connectivity index (χ2v) is 9.81. The Bertz CT molecular complexity index is 972. The number of carbonyl (C=O) groups excluding carboxylic acids is 1. The zero-order chi connectivity index (χ0) is 21.3. The quantitative estimate of drug-likeness (QED) is 0.718. The molecule has 0 saturated carbocycles. The highest BCUT2D eigenvalue weighted by molar-refractivity contribution is 7.89. The van der Waals surface area contributed by atoms with Crippen molar-refractivity contribution in [3.63, 3.8) is 0 Å². The topological polar surface area (TPSA) is 87.0 Å². The van der Waals surface area contributed by atoms with E-state index in [1.165, 1.54) is 4.31 Å². The lowest BCUT2D eigenvalue weighted by Crippen LogP contribution is -2.52. The SMILES string of the molecule is Cc1noc(C)c1S(=O)(=O)N1CCN([C@@H](C(=O)N2CCCC2)c2ccccc2)CC1. The molecule has 30 heavy (non-hydrogen) atoms. The number of nitrogens with zero attached hydrogens (tertiary/aromatic N) is 4. The van der Waals surface area contributed by atoms with Crippen molar-refractivity contribution in [2.45, 2.75) is 37.6 Å². The van der Waals surface area contributed by atoms with Crippen LogP contribution < -0.4 is 0 Å². The molecule has 2 aromatic rings. The molecule has 0 spiro atoms. The molecule has 0 aliphatic carbocycles. The van der Waals surface area contributed by atoms with E-state index in [9.17, 15) is 13.2 Å². The zero-order valence-corrected chi connectivity index (χ0v) is 18.3. The Labute approximate surface area is 177 Å². The number of piperazine rings is 1. The van der Waals surface area contributed by atoms with Crippen molar-refractivity contribution in [1.29, 1.82) is 0 Å². The number of hydrogen-bond acceptors (Lipinski definition) is 6. The maximum Gasteiger partial charge on any atom is 0.248 e. The maximum atomic E-state index is 13.3. The zero-order valence-electron chi connectivity index (χ0n) is 17.5. The number of sulfonamides is 1. The van der Waals surface area contributed by atoms with Crippen molar-refractivity contribution < 1.29 is 17.7 Å². The van der Waals surface area contributed by atoms with Gasteiger partial charge < -0.3 is 9.42 Å². The maximum absolute atomic E-state index is 13.3. The van der Waals surface area contributed by atoms with Crippen molar-refractivity contribution in [2.75, 3.05) is 39.3 Å². The van der Waals surface area contributed by atoms with E-state index in [1.807, 2.05) is 35.2 Å². The fourth-order valence-corrected chi connectivity index (χ4v) is 6.14. The number of aromatic nitrogens is 1. The molecule has 3 heterocycles. The average Bonchev–Trinajstić information content (AvgIpc) is 3.39. The Kier molecular flexibility index (Phi) is 5.95. The first-order valence-corrected chi connectivity index (χ1v) is 11.8. The van der Waals surface area contributed by atoms with Crippen LogP contribution in [0.25, 0.3) is 0 Å². The molecule has 0 unspecified atom stereocenters. The molecule has 9 heteroatoms. The van der Waals surface area contributed by atoms with E-state index in [4.69, 9.17) is 4.52 Å². The van der Waals surface area contributed by atoms with Crippen LogP contribution >= 0.6 is 0 Å². The van der Waals surface area contributed by atoms with Gasteiger partial charge in [0.15, 0.2) is 5.76 Å². The lowest BCUT2D eigenvalue weighted by molar-refractivity contribution is -0.136. The van der Waals surface area contributed by atoms with Gasteiger partial charge in [-0.05, 0) is 32.3 Å². The molecule has 0 bridgehead atoms. The summed E-state index contributed by atoms with van der Waals surface area (Å²) in [5, 5.41) is 3.79. The molecule has 2 saturated heterocycles. The van der Waals surface area contributed by atoms with Gasteiger partial charge in [-0.25, -0.2) is 8.42 Å². The lowest BCUT2D eigenvalue weighted by Gasteiger charge is -2.39. The number of benzene rings is 1. The molecule has 2 aliphatic heterocycles. The van der Waals surface area contributed by atoms with Crippen LogP contribution in [0.15, 0.2) is 39.8 Å². The summed E-state index contributed by atoms with van der Waals surface area (Å²) in [7, 11) is -3.67. The lowest BCUT2D eigenvalue weighted by atomic mass is 10.0. The highest BCUT2D eigenvalue weighted by Gasteiger charge is 2.38.